The minimum atomic E-state index is -0.271. The summed E-state index contributed by atoms with van der Waals surface area (Å²) in [6.07, 6.45) is 0.395. The molecule has 0 aliphatic carbocycles. The number of aliphatic hydroxyl groups is 1. The fourth-order valence-electron chi connectivity index (χ4n) is 1.68. The molecule has 3 atom stereocenters. The zero-order chi connectivity index (χ0) is 13.5. The number of rotatable bonds is 9. The predicted molar refractivity (Wildman–Crippen MR) is 68.7 cm³/mol. The maximum absolute atomic E-state index is 9.13. The van der Waals surface area contributed by atoms with Gasteiger partial charge in [-0.3, -0.25) is 0 Å². The normalized spacial score (nSPS) is 19.1. The molecule has 5 heteroatoms. The smallest absolute Gasteiger partial charge is 0.158 e. The summed E-state index contributed by atoms with van der Waals surface area (Å²) in [5, 5.41) is 12.6. The van der Waals surface area contributed by atoms with Crippen molar-refractivity contribution >= 4 is 0 Å². The van der Waals surface area contributed by atoms with Gasteiger partial charge in [-0.1, -0.05) is 6.92 Å². The summed E-state index contributed by atoms with van der Waals surface area (Å²) in [6.45, 7) is 6.73. The molecule has 4 N–H and O–H groups in total. The van der Waals surface area contributed by atoms with Crippen molar-refractivity contribution in [1.29, 1.82) is 0 Å². The summed E-state index contributed by atoms with van der Waals surface area (Å²) in [7, 11) is 3.23. The maximum Gasteiger partial charge on any atom is 0.158 e. The molecule has 0 spiro atoms. The molecular weight excluding hydrogens is 220 g/mol. The summed E-state index contributed by atoms with van der Waals surface area (Å²) in [6, 6.07) is 0.183. The van der Waals surface area contributed by atoms with Crippen LogP contribution in [0.1, 0.15) is 27.2 Å². The van der Waals surface area contributed by atoms with E-state index in [4.69, 9.17) is 20.3 Å². The number of methoxy groups -OCH3 is 2. The van der Waals surface area contributed by atoms with Crippen molar-refractivity contribution in [1.82, 2.24) is 5.32 Å². The average Bonchev–Trinajstić information content (AvgIpc) is 2.34. The maximum atomic E-state index is 9.13. The number of hydrogen-bond donors (Lipinski definition) is 3. The molecule has 0 radical (unpaired) electrons. The van der Waals surface area contributed by atoms with E-state index in [2.05, 4.69) is 5.32 Å². The Balaban J connectivity index is 4.45. The monoisotopic (exact) mass is 248 g/mol. The van der Waals surface area contributed by atoms with Gasteiger partial charge in [0.2, 0.25) is 0 Å². The van der Waals surface area contributed by atoms with Crippen molar-refractivity contribution in [2.24, 2.45) is 11.7 Å². The lowest BCUT2D eigenvalue weighted by atomic mass is 9.93. The lowest BCUT2D eigenvalue weighted by molar-refractivity contribution is -0.118. The van der Waals surface area contributed by atoms with Crippen molar-refractivity contribution in [3.05, 3.63) is 0 Å². The van der Waals surface area contributed by atoms with Crippen LogP contribution >= 0.6 is 0 Å². The van der Waals surface area contributed by atoms with E-state index in [9.17, 15) is 0 Å². The summed E-state index contributed by atoms with van der Waals surface area (Å²) in [5.74, 6) is 0.185. The third-order valence-electron chi connectivity index (χ3n) is 3.31. The topological polar surface area (TPSA) is 76.7 Å². The molecule has 0 aromatic carbocycles. The Morgan fingerprint density at radius 3 is 2.18 bits per heavy atom. The van der Waals surface area contributed by atoms with Gasteiger partial charge in [0.15, 0.2) is 6.29 Å². The molecular formula is C12H28N2O3. The van der Waals surface area contributed by atoms with Gasteiger partial charge >= 0.3 is 0 Å². The van der Waals surface area contributed by atoms with Crippen molar-refractivity contribution < 1.29 is 14.6 Å². The van der Waals surface area contributed by atoms with Gasteiger partial charge in [0, 0.05) is 45.4 Å². The third kappa shape index (κ3) is 5.79. The largest absolute Gasteiger partial charge is 0.396 e. The summed E-state index contributed by atoms with van der Waals surface area (Å²) >= 11 is 0. The molecule has 0 saturated heterocycles. The number of nitrogens with two attached hydrogens (primary N) is 1. The van der Waals surface area contributed by atoms with Crippen LogP contribution in [-0.4, -0.2) is 50.3 Å². The fraction of sp³-hybridized carbons (Fsp3) is 1.00. The first-order valence-electron chi connectivity index (χ1n) is 6.06. The molecule has 0 heterocycles. The van der Waals surface area contributed by atoms with Gasteiger partial charge in [-0.2, -0.15) is 0 Å². The first kappa shape index (κ1) is 16.8. The third-order valence-corrected chi connectivity index (χ3v) is 3.31. The van der Waals surface area contributed by atoms with Crippen LogP contribution < -0.4 is 11.1 Å². The molecule has 104 valence electrons. The standard InChI is InChI=1S/C12H28N2O3/c1-9(7-15)10(2)14-12(3,8-13)6-11(16-4)17-5/h9-11,14-15H,6-8,13H2,1-5H3. The fourth-order valence-corrected chi connectivity index (χ4v) is 1.68. The molecule has 0 saturated carbocycles. The van der Waals surface area contributed by atoms with E-state index in [0.29, 0.717) is 13.0 Å². The van der Waals surface area contributed by atoms with Crippen molar-refractivity contribution in [2.45, 2.75) is 45.1 Å². The highest BCUT2D eigenvalue weighted by Gasteiger charge is 2.29. The van der Waals surface area contributed by atoms with E-state index < -0.39 is 0 Å². The van der Waals surface area contributed by atoms with Gasteiger partial charge in [-0.25, -0.2) is 0 Å². The van der Waals surface area contributed by atoms with Gasteiger partial charge in [-0.05, 0) is 19.8 Å². The van der Waals surface area contributed by atoms with Crippen LogP contribution in [0.3, 0.4) is 0 Å². The van der Waals surface area contributed by atoms with Gasteiger partial charge in [-0.15, -0.1) is 0 Å². The molecule has 0 bridgehead atoms. The van der Waals surface area contributed by atoms with Gasteiger partial charge in [0.1, 0.15) is 0 Å². The van der Waals surface area contributed by atoms with Crippen LogP contribution in [0.2, 0.25) is 0 Å². The highest BCUT2D eigenvalue weighted by molar-refractivity contribution is 4.88. The molecule has 0 fully saturated rings. The number of hydrogen-bond acceptors (Lipinski definition) is 5. The summed E-state index contributed by atoms with van der Waals surface area (Å²) in [4.78, 5) is 0. The first-order valence-corrected chi connectivity index (χ1v) is 6.06. The number of ether oxygens (including phenoxy) is 2. The lowest BCUT2D eigenvalue weighted by Gasteiger charge is -2.36. The zero-order valence-corrected chi connectivity index (χ0v) is 11.7. The zero-order valence-electron chi connectivity index (χ0n) is 11.7. The van der Waals surface area contributed by atoms with E-state index in [1.807, 2.05) is 20.8 Å². The molecule has 5 nitrogen and oxygen atoms in total. The van der Waals surface area contributed by atoms with Gasteiger partial charge in [0.25, 0.3) is 0 Å². The molecule has 0 aromatic heterocycles. The second-order valence-corrected chi connectivity index (χ2v) is 4.96. The van der Waals surface area contributed by atoms with Crippen LogP contribution in [-0.2, 0) is 9.47 Å². The van der Waals surface area contributed by atoms with E-state index in [1.54, 1.807) is 14.2 Å². The Labute approximate surface area is 105 Å². The molecule has 17 heavy (non-hydrogen) atoms. The van der Waals surface area contributed by atoms with Crippen LogP contribution in [0.15, 0.2) is 0 Å². The first-order chi connectivity index (χ1) is 7.92. The molecule has 0 amide bonds. The minimum Gasteiger partial charge on any atom is -0.396 e. The van der Waals surface area contributed by atoms with Crippen molar-refractivity contribution in [3.8, 4) is 0 Å². The SMILES string of the molecule is COC(CC(C)(CN)NC(C)C(C)CO)OC. The van der Waals surface area contributed by atoms with E-state index >= 15 is 0 Å². The van der Waals surface area contributed by atoms with Crippen LogP contribution in [0.5, 0.6) is 0 Å². The Kier molecular flexibility index (Phi) is 7.91. The second-order valence-electron chi connectivity index (χ2n) is 4.96. The van der Waals surface area contributed by atoms with Crippen LogP contribution in [0.25, 0.3) is 0 Å². The lowest BCUT2D eigenvalue weighted by Crippen LogP contribution is -2.56. The molecule has 0 aliphatic heterocycles. The predicted octanol–water partition coefficient (Wildman–Crippen LogP) is 0.319. The number of aliphatic hydroxyl groups excluding tert-OH is 1. The van der Waals surface area contributed by atoms with Crippen molar-refractivity contribution in [3.63, 3.8) is 0 Å². The highest BCUT2D eigenvalue weighted by Crippen LogP contribution is 2.16. The molecule has 0 rings (SSSR count). The summed E-state index contributed by atoms with van der Waals surface area (Å²) < 4.78 is 10.4. The number of nitrogens with one attached hydrogen (secondary N) is 1. The van der Waals surface area contributed by atoms with Gasteiger partial charge in [0.05, 0.1) is 0 Å². The minimum absolute atomic E-state index is 0.160. The van der Waals surface area contributed by atoms with Gasteiger partial charge < -0.3 is 25.6 Å². The van der Waals surface area contributed by atoms with E-state index in [0.717, 1.165) is 0 Å². The Bertz CT molecular complexity index is 200. The van der Waals surface area contributed by atoms with Crippen LogP contribution in [0, 0.1) is 5.92 Å². The molecule has 0 aliphatic rings. The Morgan fingerprint density at radius 1 is 1.29 bits per heavy atom. The highest BCUT2D eigenvalue weighted by atomic mass is 16.7. The molecule has 0 aromatic rings. The molecule has 3 unspecified atom stereocenters. The van der Waals surface area contributed by atoms with E-state index in [1.165, 1.54) is 0 Å². The Hall–Kier alpha value is -0.200. The second kappa shape index (κ2) is 8.00. The Morgan fingerprint density at radius 2 is 1.82 bits per heavy atom. The summed E-state index contributed by atoms with van der Waals surface area (Å²) in [5.41, 5.74) is 5.55. The average molecular weight is 248 g/mol. The van der Waals surface area contributed by atoms with Crippen LogP contribution in [0.4, 0.5) is 0 Å². The quantitative estimate of drug-likeness (QED) is 0.512. The van der Waals surface area contributed by atoms with Crippen molar-refractivity contribution in [2.75, 3.05) is 27.4 Å². The van der Waals surface area contributed by atoms with E-state index in [-0.39, 0.29) is 30.4 Å².